The van der Waals surface area contributed by atoms with Crippen molar-refractivity contribution in [3.05, 3.63) is 53.9 Å². The number of aromatic amines is 1. The number of benzene rings is 2. The minimum Gasteiger partial charge on any atom is -0.497 e. The summed E-state index contributed by atoms with van der Waals surface area (Å²) in [6.45, 7) is 0. The summed E-state index contributed by atoms with van der Waals surface area (Å²) in [5, 5.41) is 0. The molecule has 3 N–H and O–H groups in total. The molecule has 0 aliphatic heterocycles. The molecule has 4 nitrogen and oxygen atoms in total. The second-order valence-electron chi connectivity index (χ2n) is 4.81. The third-order valence-corrected chi connectivity index (χ3v) is 3.36. The van der Waals surface area contributed by atoms with Gasteiger partial charge in [-0.05, 0) is 42.3 Å². The summed E-state index contributed by atoms with van der Waals surface area (Å²) < 4.78 is 5.15. The van der Waals surface area contributed by atoms with Crippen LogP contribution in [0.2, 0.25) is 0 Å². The number of nitrogen functional groups attached to an aromatic ring is 1. The second kappa shape index (κ2) is 5.25. The van der Waals surface area contributed by atoms with Crippen LogP contribution >= 0.6 is 0 Å². The fraction of sp³-hybridized carbons (Fsp3) is 0.188. The van der Waals surface area contributed by atoms with E-state index in [1.165, 1.54) is 5.56 Å². The van der Waals surface area contributed by atoms with Crippen LogP contribution in [-0.2, 0) is 12.8 Å². The van der Waals surface area contributed by atoms with Crippen molar-refractivity contribution in [2.45, 2.75) is 12.8 Å². The minimum absolute atomic E-state index is 0.753. The Labute approximate surface area is 117 Å². The molecule has 1 heterocycles. The first kappa shape index (κ1) is 12.5. The molecule has 0 amide bonds. The number of nitrogens with two attached hydrogens (primary N) is 1. The Kier molecular flexibility index (Phi) is 3.29. The van der Waals surface area contributed by atoms with Crippen LogP contribution in [0.15, 0.2) is 42.5 Å². The predicted molar refractivity (Wildman–Crippen MR) is 80.9 cm³/mol. The van der Waals surface area contributed by atoms with E-state index in [1.54, 1.807) is 7.11 Å². The maximum Gasteiger partial charge on any atom is 0.118 e. The predicted octanol–water partition coefficient (Wildman–Crippen LogP) is 2.94. The molecule has 0 aliphatic rings. The van der Waals surface area contributed by atoms with Crippen molar-refractivity contribution in [1.29, 1.82) is 0 Å². The SMILES string of the molecule is COc1ccc(CCc2nc3ccc(N)cc3[nH]2)cc1. The van der Waals surface area contributed by atoms with Crippen molar-refractivity contribution in [1.82, 2.24) is 9.97 Å². The maximum absolute atomic E-state index is 5.77. The van der Waals surface area contributed by atoms with E-state index in [4.69, 9.17) is 10.5 Å². The van der Waals surface area contributed by atoms with Gasteiger partial charge in [0.25, 0.3) is 0 Å². The van der Waals surface area contributed by atoms with Crippen LogP contribution in [-0.4, -0.2) is 17.1 Å². The lowest BCUT2D eigenvalue weighted by atomic mass is 10.1. The lowest BCUT2D eigenvalue weighted by Gasteiger charge is -2.02. The van der Waals surface area contributed by atoms with Gasteiger partial charge < -0.3 is 15.5 Å². The molecule has 20 heavy (non-hydrogen) atoms. The minimum atomic E-state index is 0.753. The molecule has 0 fully saturated rings. The molecule has 2 aromatic carbocycles. The molecule has 0 spiro atoms. The highest BCUT2D eigenvalue weighted by molar-refractivity contribution is 5.78. The molecule has 0 bridgehead atoms. The molecular weight excluding hydrogens is 250 g/mol. The fourth-order valence-electron chi connectivity index (χ4n) is 2.25. The van der Waals surface area contributed by atoms with Gasteiger partial charge in [-0.2, -0.15) is 0 Å². The number of aromatic nitrogens is 2. The molecule has 3 aromatic rings. The van der Waals surface area contributed by atoms with Gasteiger partial charge >= 0.3 is 0 Å². The van der Waals surface area contributed by atoms with Gasteiger partial charge in [-0.1, -0.05) is 12.1 Å². The Morgan fingerprint density at radius 2 is 1.90 bits per heavy atom. The zero-order valence-electron chi connectivity index (χ0n) is 11.4. The van der Waals surface area contributed by atoms with Gasteiger partial charge in [0.15, 0.2) is 0 Å². The van der Waals surface area contributed by atoms with Gasteiger partial charge in [-0.15, -0.1) is 0 Å². The van der Waals surface area contributed by atoms with E-state index in [0.29, 0.717) is 0 Å². The Balaban J connectivity index is 1.72. The number of methoxy groups -OCH3 is 1. The third-order valence-electron chi connectivity index (χ3n) is 3.36. The molecule has 3 rings (SSSR count). The van der Waals surface area contributed by atoms with Crippen LogP contribution in [0.3, 0.4) is 0 Å². The molecule has 4 heteroatoms. The largest absolute Gasteiger partial charge is 0.497 e. The normalized spacial score (nSPS) is 10.8. The average Bonchev–Trinajstić information content (AvgIpc) is 2.87. The third kappa shape index (κ3) is 2.59. The Bertz CT molecular complexity index is 716. The van der Waals surface area contributed by atoms with Crippen LogP contribution in [0.1, 0.15) is 11.4 Å². The quantitative estimate of drug-likeness (QED) is 0.714. The molecule has 0 radical (unpaired) electrons. The first-order valence-corrected chi connectivity index (χ1v) is 6.61. The van der Waals surface area contributed by atoms with Crippen molar-refractivity contribution < 1.29 is 4.74 Å². The summed E-state index contributed by atoms with van der Waals surface area (Å²) in [6, 6.07) is 13.9. The Morgan fingerprint density at radius 3 is 2.65 bits per heavy atom. The summed E-state index contributed by atoms with van der Waals surface area (Å²) in [5.74, 6) is 1.87. The van der Waals surface area contributed by atoms with E-state index >= 15 is 0 Å². The number of nitrogens with zero attached hydrogens (tertiary/aromatic N) is 1. The van der Waals surface area contributed by atoms with Crippen LogP contribution in [0.4, 0.5) is 5.69 Å². The van der Waals surface area contributed by atoms with Gasteiger partial charge in [0, 0.05) is 12.1 Å². The lowest BCUT2D eigenvalue weighted by molar-refractivity contribution is 0.414. The van der Waals surface area contributed by atoms with Gasteiger partial charge in [-0.25, -0.2) is 4.98 Å². The molecule has 102 valence electrons. The number of nitrogens with one attached hydrogen (secondary N) is 1. The summed E-state index contributed by atoms with van der Waals surface area (Å²) in [6.07, 6.45) is 1.82. The summed E-state index contributed by atoms with van der Waals surface area (Å²) >= 11 is 0. The molecule has 1 aromatic heterocycles. The standard InChI is InChI=1S/C16H17N3O/c1-20-13-6-2-11(3-7-13)4-9-16-18-14-8-5-12(17)10-15(14)19-16/h2-3,5-8,10H,4,9,17H2,1H3,(H,18,19). The number of fused-ring (bicyclic) bond motifs is 1. The number of anilines is 1. The average molecular weight is 267 g/mol. The van der Waals surface area contributed by atoms with E-state index < -0.39 is 0 Å². The Hall–Kier alpha value is -2.49. The molecule has 0 unspecified atom stereocenters. The summed E-state index contributed by atoms with van der Waals surface area (Å²) in [5.41, 5.74) is 9.74. The first-order chi connectivity index (χ1) is 9.74. The summed E-state index contributed by atoms with van der Waals surface area (Å²) in [7, 11) is 1.68. The number of aryl methyl sites for hydroxylation is 2. The van der Waals surface area contributed by atoms with Crippen LogP contribution < -0.4 is 10.5 Å². The zero-order valence-corrected chi connectivity index (χ0v) is 11.4. The van der Waals surface area contributed by atoms with Crippen molar-refractivity contribution in [3.63, 3.8) is 0 Å². The van der Waals surface area contributed by atoms with Gasteiger partial charge in [0.2, 0.25) is 0 Å². The van der Waals surface area contributed by atoms with Gasteiger partial charge in [-0.3, -0.25) is 0 Å². The van der Waals surface area contributed by atoms with Crippen molar-refractivity contribution in [3.8, 4) is 5.75 Å². The van der Waals surface area contributed by atoms with E-state index in [1.807, 2.05) is 30.3 Å². The molecular formula is C16H17N3O. The fourth-order valence-corrected chi connectivity index (χ4v) is 2.25. The van der Waals surface area contributed by atoms with E-state index in [0.717, 1.165) is 41.1 Å². The van der Waals surface area contributed by atoms with Crippen molar-refractivity contribution >= 4 is 16.7 Å². The van der Waals surface area contributed by atoms with Crippen molar-refractivity contribution in [2.75, 3.05) is 12.8 Å². The zero-order chi connectivity index (χ0) is 13.9. The molecule has 0 saturated heterocycles. The smallest absolute Gasteiger partial charge is 0.118 e. The lowest BCUT2D eigenvalue weighted by Crippen LogP contribution is -1.93. The summed E-state index contributed by atoms with van der Waals surface area (Å²) in [4.78, 5) is 7.88. The van der Waals surface area contributed by atoms with Crippen molar-refractivity contribution in [2.24, 2.45) is 0 Å². The maximum atomic E-state index is 5.77. The van der Waals surface area contributed by atoms with Gasteiger partial charge in [0.1, 0.15) is 11.6 Å². The number of ether oxygens (including phenoxy) is 1. The van der Waals surface area contributed by atoms with Crippen LogP contribution in [0.25, 0.3) is 11.0 Å². The number of rotatable bonds is 4. The van der Waals surface area contributed by atoms with E-state index in [-0.39, 0.29) is 0 Å². The highest BCUT2D eigenvalue weighted by atomic mass is 16.5. The number of hydrogen-bond donors (Lipinski definition) is 2. The highest BCUT2D eigenvalue weighted by Crippen LogP contribution is 2.17. The molecule has 0 atom stereocenters. The first-order valence-electron chi connectivity index (χ1n) is 6.61. The number of hydrogen-bond acceptors (Lipinski definition) is 3. The van der Waals surface area contributed by atoms with Gasteiger partial charge in [0.05, 0.1) is 18.1 Å². The van der Waals surface area contributed by atoms with Crippen LogP contribution in [0.5, 0.6) is 5.75 Å². The second-order valence-corrected chi connectivity index (χ2v) is 4.81. The number of imidazole rings is 1. The highest BCUT2D eigenvalue weighted by Gasteiger charge is 2.03. The molecule has 0 saturated carbocycles. The molecule has 0 aliphatic carbocycles. The topological polar surface area (TPSA) is 63.9 Å². The van der Waals surface area contributed by atoms with E-state index in [9.17, 15) is 0 Å². The van der Waals surface area contributed by atoms with E-state index in [2.05, 4.69) is 22.1 Å². The Morgan fingerprint density at radius 1 is 1.10 bits per heavy atom. The monoisotopic (exact) mass is 267 g/mol. The van der Waals surface area contributed by atoms with Crippen LogP contribution in [0, 0.1) is 0 Å². The number of H-pyrrole nitrogens is 1.